The predicted octanol–water partition coefficient (Wildman–Crippen LogP) is 4.99. The van der Waals surface area contributed by atoms with Crippen LogP contribution in [0.15, 0.2) is 58.8 Å². The number of aromatic nitrogens is 1. The second kappa shape index (κ2) is 7.59. The van der Waals surface area contributed by atoms with Crippen LogP contribution in [-0.2, 0) is 10.0 Å². The van der Waals surface area contributed by atoms with Crippen LogP contribution in [0.1, 0.15) is 12.8 Å². The second-order valence-electron chi connectivity index (χ2n) is 6.31. The van der Waals surface area contributed by atoms with Gasteiger partial charge >= 0.3 is 0 Å². The Kier molecular flexibility index (Phi) is 5.19. The lowest BCUT2D eigenvalue weighted by molar-refractivity contribution is 0.477. The smallest absolute Gasteiger partial charge is 0.243 e. The maximum atomic E-state index is 12.6. The first-order valence-corrected chi connectivity index (χ1v) is 11.3. The predicted molar refractivity (Wildman–Crippen MR) is 110 cm³/mol. The first-order chi connectivity index (χ1) is 13.0. The number of hydrogen-bond donors (Lipinski definition) is 1. The van der Waals surface area contributed by atoms with Crippen LogP contribution in [0.4, 0.5) is 10.8 Å². The van der Waals surface area contributed by atoms with Crippen molar-refractivity contribution in [3.05, 3.63) is 58.9 Å². The first kappa shape index (κ1) is 18.4. The molecule has 1 aromatic heterocycles. The maximum absolute atomic E-state index is 12.6. The van der Waals surface area contributed by atoms with Gasteiger partial charge in [-0.1, -0.05) is 23.7 Å². The Morgan fingerprint density at radius 1 is 1.00 bits per heavy atom. The van der Waals surface area contributed by atoms with Gasteiger partial charge in [0.2, 0.25) is 10.0 Å². The molecule has 27 heavy (non-hydrogen) atoms. The number of nitrogens with one attached hydrogen (secondary N) is 1. The molecular formula is C19H18ClN3O2S2. The normalized spacial score (nSPS) is 15.1. The van der Waals surface area contributed by atoms with Crippen LogP contribution < -0.4 is 5.32 Å². The molecule has 1 saturated heterocycles. The quantitative estimate of drug-likeness (QED) is 0.632. The molecule has 2 aromatic carbocycles. The van der Waals surface area contributed by atoms with E-state index in [2.05, 4.69) is 10.3 Å². The summed E-state index contributed by atoms with van der Waals surface area (Å²) in [7, 11) is -3.38. The van der Waals surface area contributed by atoms with E-state index in [0.29, 0.717) is 23.0 Å². The Morgan fingerprint density at radius 2 is 1.67 bits per heavy atom. The third-order valence-corrected chi connectivity index (χ3v) is 7.38. The van der Waals surface area contributed by atoms with Crippen LogP contribution in [0.2, 0.25) is 5.02 Å². The Morgan fingerprint density at radius 3 is 2.33 bits per heavy atom. The fourth-order valence-corrected chi connectivity index (χ4v) is 5.38. The highest BCUT2D eigenvalue weighted by molar-refractivity contribution is 7.89. The van der Waals surface area contributed by atoms with Gasteiger partial charge in [0.1, 0.15) is 0 Å². The molecule has 0 atom stereocenters. The van der Waals surface area contributed by atoms with E-state index in [-0.39, 0.29) is 0 Å². The number of rotatable bonds is 5. The van der Waals surface area contributed by atoms with E-state index in [0.717, 1.165) is 34.9 Å². The summed E-state index contributed by atoms with van der Waals surface area (Å²) < 4.78 is 26.8. The summed E-state index contributed by atoms with van der Waals surface area (Å²) in [5.41, 5.74) is 2.60. The molecule has 3 aromatic rings. The van der Waals surface area contributed by atoms with Gasteiger partial charge in [-0.15, -0.1) is 11.3 Å². The molecule has 0 unspecified atom stereocenters. The van der Waals surface area contributed by atoms with Crippen molar-refractivity contribution in [1.29, 1.82) is 0 Å². The zero-order valence-corrected chi connectivity index (χ0v) is 16.8. The fraction of sp³-hybridized carbons (Fsp3) is 0.211. The van der Waals surface area contributed by atoms with Crippen molar-refractivity contribution in [3.63, 3.8) is 0 Å². The van der Waals surface area contributed by atoms with Gasteiger partial charge in [-0.2, -0.15) is 4.31 Å². The van der Waals surface area contributed by atoms with E-state index in [9.17, 15) is 8.42 Å². The summed E-state index contributed by atoms with van der Waals surface area (Å²) in [5.74, 6) is 0. The number of thiazole rings is 1. The lowest BCUT2D eigenvalue weighted by Gasteiger charge is -2.15. The van der Waals surface area contributed by atoms with Gasteiger partial charge in [0, 0.05) is 34.7 Å². The van der Waals surface area contributed by atoms with Gasteiger partial charge in [-0.25, -0.2) is 13.4 Å². The Balaban J connectivity index is 1.51. The molecule has 5 nitrogen and oxygen atoms in total. The van der Waals surface area contributed by atoms with E-state index in [1.54, 1.807) is 16.4 Å². The lowest BCUT2D eigenvalue weighted by Crippen LogP contribution is -2.27. The molecule has 1 N–H and O–H groups in total. The van der Waals surface area contributed by atoms with Crippen LogP contribution in [0, 0.1) is 0 Å². The van der Waals surface area contributed by atoms with Crippen LogP contribution >= 0.6 is 22.9 Å². The van der Waals surface area contributed by atoms with Crippen molar-refractivity contribution in [2.75, 3.05) is 18.4 Å². The Bertz CT molecular complexity index is 1030. The summed E-state index contributed by atoms with van der Waals surface area (Å²) in [6.45, 7) is 1.21. The van der Waals surface area contributed by atoms with Gasteiger partial charge < -0.3 is 5.32 Å². The molecule has 0 radical (unpaired) electrons. The number of halogens is 1. The molecular weight excluding hydrogens is 402 g/mol. The fourth-order valence-electron chi connectivity index (χ4n) is 3.00. The second-order valence-corrected chi connectivity index (χ2v) is 9.54. The van der Waals surface area contributed by atoms with Crippen LogP contribution in [0.3, 0.4) is 0 Å². The van der Waals surface area contributed by atoms with E-state index < -0.39 is 10.0 Å². The minimum Gasteiger partial charge on any atom is -0.332 e. The highest BCUT2D eigenvalue weighted by atomic mass is 35.5. The molecule has 0 amide bonds. The van der Waals surface area contributed by atoms with Crippen LogP contribution in [-0.4, -0.2) is 30.8 Å². The minimum atomic E-state index is -3.38. The molecule has 0 aliphatic carbocycles. The number of sulfonamides is 1. The largest absolute Gasteiger partial charge is 0.332 e. The van der Waals surface area contributed by atoms with Crippen molar-refractivity contribution in [2.24, 2.45) is 0 Å². The minimum absolute atomic E-state index is 0.336. The summed E-state index contributed by atoms with van der Waals surface area (Å²) >= 11 is 7.39. The van der Waals surface area contributed by atoms with E-state index in [4.69, 9.17) is 11.6 Å². The third kappa shape index (κ3) is 4.01. The molecule has 1 fully saturated rings. The van der Waals surface area contributed by atoms with Crippen LogP contribution in [0.5, 0.6) is 0 Å². The molecule has 0 saturated carbocycles. The highest BCUT2D eigenvalue weighted by Gasteiger charge is 2.26. The first-order valence-electron chi connectivity index (χ1n) is 8.61. The third-order valence-electron chi connectivity index (χ3n) is 4.45. The van der Waals surface area contributed by atoms with Crippen molar-refractivity contribution < 1.29 is 8.42 Å². The van der Waals surface area contributed by atoms with Gasteiger partial charge in [0.15, 0.2) is 5.13 Å². The summed E-state index contributed by atoms with van der Waals surface area (Å²) in [6.07, 6.45) is 1.86. The zero-order chi connectivity index (χ0) is 18.9. The molecule has 140 valence electrons. The Hall–Kier alpha value is -1.93. The highest BCUT2D eigenvalue weighted by Crippen LogP contribution is 2.29. The van der Waals surface area contributed by atoms with Crippen molar-refractivity contribution in [2.45, 2.75) is 17.7 Å². The average molecular weight is 420 g/mol. The molecule has 0 spiro atoms. The van der Waals surface area contributed by atoms with E-state index in [1.807, 2.05) is 41.8 Å². The molecule has 1 aliphatic rings. The van der Waals surface area contributed by atoms with Crippen molar-refractivity contribution in [1.82, 2.24) is 9.29 Å². The number of nitrogens with zero attached hydrogens (tertiary/aromatic N) is 2. The molecule has 8 heteroatoms. The van der Waals surface area contributed by atoms with Gasteiger partial charge in [-0.3, -0.25) is 0 Å². The zero-order valence-electron chi connectivity index (χ0n) is 14.4. The molecule has 1 aliphatic heterocycles. The van der Waals surface area contributed by atoms with E-state index in [1.165, 1.54) is 11.3 Å². The topological polar surface area (TPSA) is 62.3 Å². The summed E-state index contributed by atoms with van der Waals surface area (Å²) in [4.78, 5) is 4.92. The molecule has 0 bridgehead atoms. The number of benzene rings is 2. The molecule has 4 rings (SSSR count). The number of hydrogen-bond acceptors (Lipinski definition) is 5. The average Bonchev–Trinajstić information content (AvgIpc) is 3.36. The summed E-state index contributed by atoms with van der Waals surface area (Å²) in [5, 5.41) is 6.64. The monoisotopic (exact) mass is 419 g/mol. The van der Waals surface area contributed by atoms with Crippen molar-refractivity contribution in [3.8, 4) is 11.3 Å². The number of anilines is 2. The van der Waals surface area contributed by atoms with Crippen molar-refractivity contribution >= 4 is 43.8 Å². The molecule has 2 heterocycles. The van der Waals surface area contributed by atoms with Gasteiger partial charge in [0.05, 0.1) is 10.6 Å². The summed E-state index contributed by atoms with van der Waals surface area (Å²) in [6, 6.07) is 14.4. The standard InChI is InChI=1S/C19H18ClN3O2S2/c20-15-5-7-16(8-6-15)21-19-22-18(13-26-19)14-3-9-17(10-4-14)27(24,25)23-11-1-2-12-23/h3-10,13H,1-2,11-12H2,(H,21,22). The van der Waals surface area contributed by atoms with Crippen LogP contribution in [0.25, 0.3) is 11.3 Å². The van der Waals surface area contributed by atoms with E-state index >= 15 is 0 Å². The Labute approximate surface area is 167 Å². The van der Waals surface area contributed by atoms with Gasteiger partial charge in [-0.05, 0) is 49.2 Å². The lowest BCUT2D eigenvalue weighted by atomic mass is 10.2. The van der Waals surface area contributed by atoms with Gasteiger partial charge in [0.25, 0.3) is 0 Å². The SMILES string of the molecule is O=S(=O)(c1ccc(-c2csc(Nc3ccc(Cl)cc3)n2)cc1)N1CCCC1. The maximum Gasteiger partial charge on any atom is 0.243 e.